The number of rotatable bonds is 9. The van der Waals surface area contributed by atoms with Gasteiger partial charge in [0.25, 0.3) is 0 Å². The standard InChI is InChI=1S/C21H26O3/c1-4-21(23-3,17-22-2)19-13-8-14-20(16-19)24-15-9-12-18-10-6-5-7-11-18/h5-14,16H,4,15,17H2,1-3H3. The lowest BCUT2D eigenvalue weighted by atomic mass is 9.91. The fraction of sp³-hybridized carbons (Fsp3) is 0.333. The van der Waals surface area contributed by atoms with Crippen molar-refractivity contribution < 1.29 is 14.2 Å². The predicted octanol–water partition coefficient (Wildman–Crippen LogP) is 4.68. The van der Waals surface area contributed by atoms with Crippen LogP contribution in [-0.4, -0.2) is 27.4 Å². The van der Waals surface area contributed by atoms with Crippen molar-refractivity contribution in [2.24, 2.45) is 0 Å². The summed E-state index contributed by atoms with van der Waals surface area (Å²) >= 11 is 0. The minimum atomic E-state index is -0.437. The molecule has 0 heterocycles. The third-order valence-corrected chi connectivity index (χ3v) is 4.16. The summed E-state index contributed by atoms with van der Waals surface area (Å²) in [6, 6.07) is 18.2. The van der Waals surface area contributed by atoms with Crippen LogP contribution in [0.3, 0.4) is 0 Å². The van der Waals surface area contributed by atoms with Gasteiger partial charge in [-0.2, -0.15) is 0 Å². The predicted molar refractivity (Wildman–Crippen MR) is 98.3 cm³/mol. The average molecular weight is 326 g/mol. The van der Waals surface area contributed by atoms with E-state index in [0.717, 1.165) is 17.7 Å². The Bertz CT molecular complexity index is 631. The Kier molecular flexibility index (Phi) is 7.04. The molecule has 3 heteroatoms. The van der Waals surface area contributed by atoms with Crippen LogP contribution in [0.15, 0.2) is 60.7 Å². The summed E-state index contributed by atoms with van der Waals surface area (Å²) in [7, 11) is 3.41. The van der Waals surface area contributed by atoms with E-state index < -0.39 is 5.60 Å². The van der Waals surface area contributed by atoms with E-state index >= 15 is 0 Å². The molecule has 0 aliphatic carbocycles. The summed E-state index contributed by atoms with van der Waals surface area (Å²) < 4.78 is 17.0. The zero-order valence-corrected chi connectivity index (χ0v) is 14.7. The van der Waals surface area contributed by atoms with E-state index in [1.165, 1.54) is 5.56 Å². The van der Waals surface area contributed by atoms with E-state index in [1.807, 2.05) is 42.5 Å². The third kappa shape index (κ3) is 4.70. The van der Waals surface area contributed by atoms with Crippen molar-refractivity contribution in [2.75, 3.05) is 27.4 Å². The van der Waals surface area contributed by atoms with Gasteiger partial charge in [0, 0.05) is 14.2 Å². The highest BCUT2D eigenvalue weighted by molar-refractivity contribution is 5.48. The Labute approximate surface area is 144 Å². The first-order valence-corrected chi connectivity index (χ1v) is 8.23. The van der Waals surface area contributed by atoms with Crippen LogP contribution in [0, 0.1) is 0 Å². The second-order valence-corrected chi connectivity index (χ2v) is 5.64. The molecule has 0 bridgehead atoms. The molecule has 3 nitrogen and oxygen atoms in total. The van der Waals surface area contributed by atoms with E-state index in [0.29, 0.717) is 13.2 Å². The molecule has 0 saturated carbocycles. The fourth-order valence-electron chi connectivity index (χ4n) is 2.71. The Morgan fingerprint density at radius 1 is 1.00 bits per heavy atom. The zero-order chi connectivity index (χ0) is 17.3. The Hall–Kier alpha value is -2.10. The molecule has 0 fully saturated rings. The summed E-state index contributed by atoms with van der Waals surface area (Å²) in [4.78, 5) is 0. The summed E-state index contributed by atoms with van der Waals surface area (Å²) in [5, 5.41) is 0. The SMILES string of the molecule is CCC(COC)(OC)c1cccc(OCC=Cc2ccccc2)c1. The van der Waals surface area contributed by atoms with E-state index in [-0.39, 0.29) is 0 Å². The number of hydrogen-bond donors (Lipinski definition) is 0. The maximum atomic E-state index is 5.85. The molecular weight excluding hydrogens is 300 g/mol. The first kappa shape index (κ1) is 18.2. The van der Waals surface area contributed by atoms with Crippen molar-refractivity contribution in [1.82, 2.24) is 0 Å². The molecule has 0 aromatic heterocycles. The maximum absolute atomic E-state index is 5.85. The zero-order valence-electron chi connectivity index (χ0n) is 14.7. The van der Waals surface area contributed by atoms with Crippen molar-refractivity contribution in [3.63, 3.8) is 0 Å². The van der Waals surface area contributed by atoms with E-state index in [4.69, 9.17) is 14.2 Å². The van der Waals surface area contributed by atoms with Crippen LogP contribution in [0.1, 0.15) is 24.5 Å². The van der Waals surface area contributed by atoms with Gasteiger partial charge in [0.05, 0.1) is 6.61 Å². The highest BCUT2D eigenvalue weighted by atomic mass is 16.5. The fourth-order valence-corrected chi connectivity index (χ4v) is 2.71. The molecule has 0 amide bonds. The summed E-state index contributed by atoms with van der Waals surface area (Å²) in [5.41, 5.74) is 1.80. The molecule has 2 rings (SSSR count). The highest BCUT2D eigenvalue weighted by Crippen LogP contribution is 2.31. The van der Waals surface area contributed by atoms with Crippen LogP contribution < -0.4 is 4.74 Å². The van der Waals surface area contributed by atoms with Gasteiger partial charge in [-0.1, -0.05) is 55.5 Å². The third-order valence-electron chi connectivity index (χ3n) is 4.16. The Balaban J connectivity index is 2.03. The van der Waals surface area contributed by atoms with Crippen LogP contribution in [-0.2, 0) is 15.1 Å². The molecule has 128 valence electrons. The number of hydrogen-bond acceptors (Lipinski definition) is 3. The second-order valence-electron chi connectivity index (χ2n) is 5.64. The lowest BCUT2D eigenvalue weighted by Crippen LogP contribution is -2.33. The quantitative estimate of drug-likeness (QED) is 0.670. The monoisotopic (exact) mass is 326 g/mol. The van der Waals surface area contributed by atoms with Crippen molar-refractivity contribution in [2.45, 2.75) is 18.9 Å². The van der Waals surface area contributed by atoms with Crippen LogP contribution in [0.2, 0.25) is 0 Å². The van der Waals surface area contributed by atoms with Gasteiger partial charge in [-0.05, 0) is 35.8 Å². The van der Waals surface area contributed by atoms with Gasteiger partial charge in [0.15, 0.2) is 0 Å². The number of methoxy groups -OCH3 is 2. The van der Waals surface area contributed by atoms with E-state index in [1.54, 1.807) is 14.2 Å². The van der Waals surface area contributed by atoms with Gasteiger partial charge < -0.3 is 14.2 Å². The molecule has 1 unspecified atom stereocenters. The average Bonchev–Trinajstić information content (AvgIpc) is 2.64. The molecule has 1 atom stereocenters. The number of benzene rings is 2. The van der Waals surface area contributed by atoms with Gasteiger partial charge in [0.2, 0.25) is 0 Å². The minimum Gasteiger partial charge on any atom is -0.490 e. The summed E-state index contributed by atoms with van der Waals surface area (Å²) in [5.74, 6) is 0.830. The molecule has 0 saturated heterocycles. The lowest BCUT2D eigenvalue weighted by Gasteiger charge is -2.31. The molecule has 0 spiro atoms. The first-order chi connectivity index (χ1) is 11.7. The normalized spacial score (nSPS) is 13.8. The molecule has 2 aromatic carbocycles. The molecule has 0 N–H and O–H groups in total. The Morgan fingerprint density at radius 2 is 1.79 bits per heavy atom. The van der Waals surface area contributed by atoms with Crippen molar-refractivity contribution in [3.8, 4) is 5.75 Å². The Morgan fingerprint density at radius 3 is 2.46 bits per heavy atom. The van der Waals surface area contributed by atoms with Gasteiger partial charge >= 0.3 is 0 Å². The van der Waals surface area contributed by atoms with E-state index in [2.05, 4.69) is 31.2 Å². The van der Waals surface area contributed by atoms with Gasteiger partial charge in [0.1, 0.15) is 18.0 Å². The smallest absolute Gasteiger partial charge is 0.120 e. The van der Waals surface area contributed by atoms with Crippen LogP contribution >= 0.6 is 0 Å². The van der Waals surface area contributed by atoms with Crippen molar-refractivity contribution >= 4 is 6.08 Å². The first-order valence-electron chi connectivity index (χ1n) is 8.23. The molecular formula is C21H26O3. The topological polar surface area (TPSA) is 27.7 Å². The molecule has 0 aliphatic heterocycles. The van der Waals surface area contributed by atoms with Crippen molar-refractivity contribution in [3.05, 3.63) is 71.8 Å². The van der Waals surface area contributed by atoms with Gasteiger partial charge in [-0.3, -0.25) is 0 Å². The van der Waals surface area contributed by atoms with Crippen molar-refractivity contribution in [1.29, 1.82) is 0 Å². The van der Waals surface area contributed by atoms with Crippen LogP contribution in [0.25, 0.3) is 6.08 Å². The molecule has 0 aliphatic rings. The molecule has 24 heavy (non-hydrogen) atoms. The van der Waals surface area contributed by atoms with Gasteiger partial charge in [-0.15, -0.1) is 0 Å². The molecule has 0 radical (unpaired) electrons. The van der Waals surface area contributed by atoms with Gasteiger partial charge in [-0.25, -0.2) is 0 Å². The maximum Gasteiger partial charge on any atom is 0.120 e. The minimum absolute atomic E-state index is 0.437. The highest BCUT2D eigenvalue weighted by Gasteiger charge is 2.30. The largest absolute Gasteiger partial charge is 0.490 e. The van der Waals surface area contributed by atoms with E-state index in [9.17, 15) is 0 Å². The number of ether oxygens (including phenoxy) is 3. The van der Waals surface area contributed by atoms with Crippen LogP contribution in [0.5, 0.6) is 5.75 Å². The summed E-state index contributed by atoms with van der Waals surface area (Å²) in [6.07, 6.45) is 4.90. The molecule has 2 aromatic rings. The van der Waals surface area contributed by atoms with Crippen LogP contribution in [0.4, 0.5) is 0 Å². The second kappa shape index (κ2) is 9.26. The lowest BCUT2D eigenvalue weighted by molar-refractivity contribution is -0.0720. The summed E-state index contributed by atoms with van der Waals surface area (Å²) in [6.45, 7) is 3.13.